The molecule has 6 heteroatoms. The molecule has 1 atom stereocenters. The van der Waals surface area contributed by atoms with Crippen LogP contribution in [0.25, 0.3) is 0 Å². The first-order valence-electron chi connectivity index (χ1n) is 8.40. The summed E-state index contributed by atoms with van der Waals surface area (Å²) in [5, 5.41) is 0. The maximum absolute atomic E-state index is 12.3. The third-order valence-corrected chi connectivity index (χ3v) is 7.00. The summed E-state index contributed by atoms with van der Waals surface area (Å²) in [5.41, 5.74) is 0.392. The minimum Gasteiger partial charge on any atom is -0.465 e. The maximum Gasteiger partial charge on any atom is 0.338 e. The smallest absolute Gasteiger partial charge is 0.338 e. The minimum absolute atomic E-state index is 0.192. The fourth-order valence-electron chi connectivity index (χ4n) is 2.75. The zero-order valence-corrected chi connectivity index (χ0v) is 18.3. The van der Waals surface area contributed by atoms with E-state index in [0.29, 0.717) is 0 Å². The molecule has 28 heavy (non-hydrogen) atoms. The van der Waals surface area contributed by atoms with Crippen LogP contribution in [0.3, 0.4) is 0 Å². The zero-order chi connectivity index (χ0) is 20.1. The molecule has 0 aliphatic heterocycles. The van der Waals surface area contributed by atoms with E-state index in [1.165, 1.54) is 14.2 Å². The molecule has 142 valence electrons. The summed E-state index contributed by atoms with van der Waals surface area (Å²) in [4.78, 5) is 27.6. The Hall–Kier alpha value is -2.32. The molecule has 0 aromatic heterocycles. The van der Waals surface area contributed by atoms with Gasteiger partial charge in [0.15, 0.2) is 14.7 Å². The van der Waals surface area contributed by atoms with E-state index in [0.717, 1.165) is 18.3 Å². The second kappa shape index (κ2) is 9.25. The third kappa shape index (κ3) is 4.39. The van der Waals surface area contributed by atoms with Gasteiger partial charge in [-0.3, -0.25) is 0 Å². The Kier molecular flexibility index (Phi) is 6.74. The van der Waals surface area contributed by atoms with Crippen LogP contribution in [0.5, 0.6) is 0 Å². The van der Waals surface area contributed by atoms with Crippen LogP contribution in [0.1, 0.15) is 20.7 Å². The Morgan fingerprint density at radius 3 is 1.86 bits per heavy atom. The van der Waals surface area contributed by atoms with Crippen LogP contribution in [-0.2, 0) is 20.4 Å². The molecule has 4 nitrogen and oxygen atoms in total. The highest BCUT2D eigenvalue weighted by Gasteiger charge is 2.31. The van der Waals surface area contributed by atoms with E-state index in [1.807, 2.05) is 24.3 Å². The Morgan fingerprint density at radius 2 is 1.25 bits per heavy atom. The van der Waals surface area contributed by atoms with Gasteiger partial charge < -0.3 is 9.47 Å². The minimum atomic E-state index is -0.569. The van der Waals surface area contributed by atoms with Crippen molar-refractivity contribution in [3.05, 3.63) is 87.5 Å². The zero-order valence-electron chi connectivity index (χ0n) is 15.3. The Morgan fingerprint density at radius 1 is 0.714 bits per heavy atom. The van der Waals surface area contributed by atoms with Crippen LogP contribution in [0, 0.1) is 3.57 Å². The average Bonchev–Trinajstić information content (AvgIpc) is 2.75. The molecular weight excluding hydrogens is 487 g/mol. The van der Waals surface area contributed by atoms with Gasteiger partial charge in [0.25, 0.3) is 0 Å². The van der Waals surface area contributed by atoms with Crippen LogP contribution in [0.15, 0.2) is 87.5 Å². The number of ether oxygens (including phenoxy) is 2. The topological polar surface area (TPSA) is 52.6 Å². The molecule has 3 aromatic carbocycles. The molecule has 0 fully saturated rings. The molecule has 0 aliphatic rings. The Bertz CT molecular complexity index is 987. The number of carbonyl (C=O) groups excluding carboxylic acids is 2. The molecular formula is C22H18IO4S+. The van der Waals surface area contributed by atoms with E-state index < -0.39 is 22.8 Å². The molecule has 3 rings (SSSR count). The molecule has 0 aliphatic carbocycles. The molecule has 0 saturated carbocycles. The van der Waals surface area contributed by atoms with E-state index in [2.05, 4.69) is 59.0 Å². The van der Waals surface area contributed by atoms with Crippen LogP contribution in [0.2, 0.25) is 0 Å². The number of carbonyl (C=O) groups is 2. The van der Waals surface area contributed by atoms with Crippen LogP contribution >= 0.6 is 22.6 Å². The van der Waals surface area contributed by atoms with Gasteiger partial charge in [-0.25, -0.2) is 9.59 Å². The fourth-order valence-corrected chi connectivity index (χ4v) is 5.21. The summed E-state index contributed by atoms with van der Waals surface area (Å²) in [7, 11) is 2.15. The van der Waals surface area contributed by atoms with Gasteiger partial charge in [-0.15, -0.1) is 0 Å². The van der Waals surface area contributed by atoms with Gasteiger partial charge in [-0.05, 0) is 71.1 Å². The van der Waals surface area contributed by atoms with Gasteiger partial charge in [-0.2, -0.15) is 0 Å². The lowest BCUT2D eigenvalue weighted by Crippen LogP contribution is -2.14. The quantitative estimate of drug-likeness (QED) is 0.280. The van der Waals surface area contributed by atoms with Gasteiger partial charge in [0, 0.05) is 9.64 Å². The Balaban J connectivity index is 2.18. The number of halogens is 1. The van der Waals surface area contributed by atoms with Crippen molar-refractivity contribution in [2.75, 3.05) is 14.2 Å². The van der Waals surface area contributed by atoms with Gasteiger partial charge >= 0.3 is 11.9 Å². The first-order chi connectivity index (χ1) is 13.5. The maximum atomic E-state index is 12.3. The van der Waals surface area contributed by atoms with Gasteiger partial charge in [0.1, 0.15) is 0 Å². The van der Waals surface area contributed by atoms with Crippen molar-refractivity contribution in [3.8, 4) is 0 Å². The summed E-state index contributed by atoms with van der Waals surface area (Å²) < 4.78 is 10.8. The van der Waals surface area contributed by atoms with E-state index >= 15 is 0 Å². The van der Waals surface area contributed by atoms with Crippen LogP contribution in [0.4, 0.5) is 0 Å². The van der Waals surface area contributed by atoms with Gasteiger partial charge in [0.2, 0.25) is 0 Å². The Labute approximate surface area is 180 Å². The van der Waals surface area contributed by atoms with Crippen molar-refractivity contribution >= 4 is 45.4 Å². The highest BCUT2D eigenvalue weighted by molar-refractivity contribution is 14.1. The predicted octanol–water partition coefficient (Wildman–Crippen LogP) is 4.96. The third-order valence-electron chi connectivity index (χ3n) is 4.07. The summed E-state index contributed by atoms with van der Waals surface area (Å²) in [6, 6.07) is 23.6. The lowest BCUT2D eigenvalue weighted by molar-refractivity contribution is 0.0555. The number of methoxy groups -OCH3 is 2. The van der Waals surface area contributed by atoms with E-state index in [-0.39, 0.29) is 11.1 Å². The van der Waals surface area contributed by atoms with Crippen LogP contribution < -0.4 is 0 Å². The molecule has 0 radical (unpaired) electrons. The largest absolute Gasteiger partial charge is 0.465 e. The summed E-state index contributed by atoms with van der Waals surface area (Å²) in [5.74, 6) is -1.14. The first kappa shape index (κ1) is 20.4. The summed E-state index contributed by atoms with van der Waals surface area (Å²) >= 11 is 2.27. The van der Waals surface area contributed by atoms with E-state index in [1.54, 1.807) is 12.1 Å². The van der Waals surface area contributed by atoms with Crippen molar-refractivity contribution in [1.82, 2.24) is 0 Å². The molecule has 0 bridgehead atoms. The molecule has 0 amide bonds. The lowest BCUT2D eigenvalue weighted by atomic mass is 10.1. The normalized spacial score (nSPS) is 11.5. The predicted molar refractivity (Wildman–Crippen MR) is 117 cm³/mol. The average molecular weight is 505 g/mol. The van der Waals surface area contributed by atoms with Gasteiger partial charge in [-0.1, -0.05) is 18.2 Å². The first-order valence-corrected chi connectivity index (χ1v) is 10.7. The number of esters is 2. The van der Waals surface area contributed by atoms with Crippen LogP contribution in [-0.4, -0.2) is 26.2 Å². The van der Waals surface area contributed by atoms with Crippen molar-refractivity contribution in [1.29, 1.82) is 0 Å². The summed E-state index contributed by atoms with van der Waals surface area (Å²) in [6.45, 7) is 0. The second-order valence-electron chi connectivity index (χ2n) is 5.76. The van der Waals surface area contributed by atoms with E-state index in [9.17, 15) is 9.59 Å². The standard InChI is InChI=1S/C22H18IO4S/c1-26-21(24)19-13-12-18(14-20(19)22(25)27-2)28(16-6-4-3-5-7-16)17-10-8-15(23)9-11-17/h3-14H,1-2H3/q+1. The van der Waals surface area contributed by atoms with Crippen molar-refractivity contribution in [3.63, 3.8) is 0 Å². The number of benzene rings is 3. The molecule has 0 heterocycles. The molecule has 0 N–H and O–H groups in total. The highest BCUT2D eigenvalue weighted by Crippen LogP contribution is 2.33. The lowest BCUT2D eigenvalue weighted by Gasteiger charge is -2.11. The molecule has 1 unspecified atom stereocenters. The monoisotopic (exact) mass is 505 g/mol. The second-order valence-corrected chi connectivity index (χ2v) is 9.04. The number of hydrogen-bond donors (Lipinski definition) is 0. The fraction of sp³-hybridized carbons (Fsp3) is 0.0909. The number of rotatable bonds is 5. The molecule has 3 aromatic rings. The van der Waals surface area contributed by atoms with E-state index in [4.69, 9.17) is 9.47 Å². The SMILES string of the molecule is COC(=O)c1ccc([S+](c2ccccc2)c2ccc(I)cc2)cc1C(=O)OC. The molecule has 0 saturated heterocycles. The van der Waals surface area contributed by atoms with Gasteiger partial charge in [0.05, 0.1) is 36.2 Å². The van der Waals surface area contributed by atoms with Crippen molar-refractivity contribution < 1.29 is 19.1 Å². The molecule has 0 spiro atoms. The highest BCUT2D eigenvalue weighted by atomic mass is 127. The number of hydrogen-bond acceptors (Lipinski definition) is 4. The van der Waals surface area contributed by atoms with Crippen molar-refractivity contribution in [2.24, 2.45) is 0 Å². The van der Waals surface area contributed by atoms with Crippen molar-refractivity contribution in [2.45, 2.75) is 14.7 Å². The summed E-state index contributed by atoms with van der Waals surface area (Å²) in [6.07, 6.45) is 0.